The number of rotatable bonds is 7. The summed E-state index contributed by atoms with van der Waals surface area (Å²) in [4.78, 5) is 2.63. The Kier molecular flexibility index (Phi) is 8.07. The third-order valence-electron chi connectivity index (χ3n) is 2.62. The van der Waals surface area contributed by atoms with Crippen molar-refractivity contribution >= 4 is 15.9 Å². The van der Waals surface area contributed by atoms with Crippen LogP contribution in [0.1, 0.15) is 47.0 Å². The van der Waals surface area contributed by atoms with Crippen molar-refractivity contribution in [3.63, 3.8) is 0 Å². The molecule has 0 aliphatic heterocycles. The molecule has 0 aliphatic rings. The minimum Gasteiger partial charge on any atom is -0.298 e. The van der Waals surface area contributed by atoms with Crippen LogP contribution >= 0.6 is 15.9 Å². The first-order valence-electron chi connectivity index (χ1n) is 5.49. The number of hydrogen-bond acceptors (Lipinski definition) is 1. The van der Waals surface area contributed by atoms with Gasteiger partial charge in [-0.3, -0.25) is 4.90 Å². The van der Waals surface area contributed by atoms with Crippen LogP contribution in [0.25, 0.3) is 0 Å². The molecule has 0 atom stereocenters. The summed E-state index contributed by atoms with van der Waals surface area (Å²) in [6, 6.07) is 1.46. The largest absolute Gasteiger partial charge is 0.298 e. The van der Waals surface area contributed by atoms with E-state index in [1.165, 1.54) is 25.8 Å². The van der Waals surface area contributed by atoms with Gasteiger partial charge in [0.05, 0.1) is 0 Å². The highest BCUT2D eigenvalue weighted by Crippen LogP contribution is 2.13. The molecule has 0 aromatic carbocycles. The molecule has 0 aromatic rings. The van der Waals surface area contributed by atoms with Gasteiger partial charge in [0.25, 0.3) is 0 Å². The summed E-state index contributed by atoms with van der Waals surface area (Å²) in [5.41, 5.74) is 0. The summed E-state index contributed by atoms with van der Waals surface area (Å²) in [5.74, 6) is 0. The first kappa shape index (κ1) is 13.4. The summed E-state index contributed by atoms with van der Waals surface area (Å²) in [7, 11) is 0. The topological polar surface area (TPSA) is 3.24 Å². The molecule has 0 spiro atoms. The molecule has 0 aliphatic carbocycles. The van der Waals surface area contributed by atoms with Gasteiger partial charge in [-0.05, 0) is 39.7 Å². The van der Waals surface area contributed by atoms with Crippen molar-refractivity contribution in [2.24, 2.45) is 0 Å². The highest BCUT2D eigenvalue weighted by atomic mass is 79.9. The average molecular weight is 250 g/mol. The molecular formula is C11H24BrN. The maximum absolute atomic E-state index is 3.49. The van der Waals surface area contributed by atoms with Gasteiger partial charge in [0, 0.05) is 17.4 Å². The third-order valence-corrected chi connectivity index (χ3v) is 3.19. The first-order valence-corrected chi connectivity index (χ1v) is 6.61. The Morgan fingerprint density at radius 3 is 2.00 bits per heavy atom. The monoisotopic (exact) mass is 249 g/mol. The van der Waals surface area contributed by atoms with Crippen LogP contribution in [0.15, 0.2) is 0 Å². The van der Waals surface area contributed by atoms with Gasteiger partial charge in [-0.1, -0.05) is 29.8 Å². The summed E-state index contributed by atoms with van der Waals surface area (Å²) in [6.07, 6.45) is 3.81. The fraction of sp³-hybridized carbons (Fsp3) is 1.00. The second kappa shape index (κ2) is 7.81. The van der Waals surface area contributed by atoms with Gasteiger partial charge in [0.2, 0.25) is 0 Å². The van der Waals surface area contributed by atoms with Gasteiger partial charge in [-0.25, -0.2) is 0 Å². The average Bonchev–Trinajstić information content (AvgIpc) is 2.11. The summed E-state index contributed by atoms with van der Waals surface area (Å²) in [6.45, 7) is 10.4. The molecule has 13 heavy (non-hydrogen) atoms. The lowest BCUT2D eigenvalue weighted by atomic mass is 10.1. The number of alkyl halides is 1. The van der Waals surface area contributed by atoms with E-state index in [2.05, 4.69) is 48.5 Å². The summed E-state index contributed by atoms with van der Waals surface area (Å²) in [5, 5.41) is 1.12. The van der Waals surface area contributed by atoms with Gasteiger partial charge in [0.1, 0.15) is 0 Å². The van der Waals surface area contributed by atoms with Crippen LogP contribution in [0, 0.1) is 0 Å². The Morgan fingerprint density at radius 2 is 1.69 bits per heavy atom. The Balaban J connectivity index is 4.04. The van der Waals surface area contributed by atoms with Crippen molar-refractivity contribution < 1.29 is 0 Å². The Hall–Kier alpha value is 0.440. The molecule has 0 radical (unpaired) electrons. The molecular weight excluding hydrogens is 226 g/mol. The highest BCUT2D eigenvalue weighted by molar-refractivity contribution is 9.09. The van der Waals surface area contributed by atoms with Gasteiger partial charge in [-0.2, -0.15) is 0 Å². The zero-order chi connectivity index (χ0) is 10.3. The van der Waals surface area contributed by atoms with E-state index in [4.69, 9.17) is 0 Å². The highest BCUT2D eigenvalue weighted by Gasteiger charge is 2.16. The molecule has 0 amide bonds. The smallest absolute Gasteiger partial charge is 0.00927 e. The lowest BCUT2D eigenvalue weighted by Gasteiger charge is -2.33. The summed E-state index contributed by atoms with van der Waals surface area (Å²) >= 11 is 3.49. The van der Waals surface area contributed by atoms with Crippen molar-refractivity contribution in [1.29, 1.82) is 0 Å². The third kappa shape index (κ3) is 5.02. The Bertz CT molecular complexity index is 111. The molecule has 0 rings (SSSR count). The van der Waals surface area contributed by atoms with E-state index in [0.717, 1.165) is 11.4 Å². The quantitative estimate of drug-likeness (QED) is 0.623. The van der Waals surface area contributed by atoms with Crippen LogP contribution in [0.5, 0.6) is 0 Å². The minimum atomic E-state index is 0.684. The van der Waals surface area contributed by atoms with E-state index >= 15 is 0 Å². The zero-order valence-electron chi connectivity index (χ0n) is 9.52. The number of halogens is 1. The van der Waals surface area contributed by atoms with Crippen LogP contribution in [0.4, 0.5) is 0 Å². The van der Waals surface area contributed by atoms with Crippen LogP contribution in [0.2, 0.25) is 0 Å². The fourth-order valence-electron chi connectivity index (χ4n) is 1.86. The molecule has 0 aromatic heterocycles. The second-order valence-corrected chi connectivity index (χ2v) is 4.64. The molecule has 0 unspecified atom stereocenters. The Labute approximate surface area is 92.0 Å². The molecule has 80 valence electrons. The number of hydrogen-bond donors (Lipinski definition) is 0. The molecule has 0 saturated carbocycles. The van der Waals surface area contributed by atoms with Gasteiger partial charge in [0.15, 0.2) is 0 Å². The van der Waals surface area contributed by atoms with Crippen molar-refractivity contribution in [2.45, 2.75) is 59.0 Å². The first-order chi connectivity index (χ1) is 6.17. The van der Waals surface area contributed by atoms with E-state index in [0.29, 0.717) is 6.04 Å². The van der Waals surface area contributed by atoms with Crippen LogP contribution in [-0.4, -0.2) is 28.9 Å². The predicted octanol–water partition coefficient (Wildman–Crippen LogP) is 3.67. The van der Waals surface area contributed by atoms with E-state index in [1.54, 1.807) is 0 Å². The number of nitrogens with zero attached hydrogens (tertiary/aromatic N) is 1. The summed E-state index contributed by atoms with van der Waals surface area (Å²) < 4.78 is 0. The zero-order valence-corrected chi connectivity index (χ0v) is 11.1. The van der Waals surface area contributed by atoms with Gasteiger partial charge >= 0.3 is 0 Å². The maximum Gasteiger partial charge on any atom is 0.00927 e. The predicted molar refractivity (Wildman–Crippen MR) is 64.6 cm³/mol. The molecule has 2 heteroatoms. The van der Waals surface area contributed by atoms with Crippen LogP contribution < -0.4 is 0 Å². The Morgan fingerprint density at radius 1 is 1.15 bits per heavy atom. The van der Waals surface area contributed by atoms with E-state index < -0.39 is 0 Å². The molecule has 0 bridgehead atoms. The minimum absolute atomic E-state index is 0.684. The maximum atomic E-state index is 3.49. The normalized spacial score (nSPS) is 12.0. The second-order valence-electron chi connectivity index (χ2n) is 3.84. The molecule has 1 nitrogen and oxygen atoms in total. The molecule has 0 heterocycles. The van der Waals surface area contributed by atoms with Crippen LogP contribution in [-0.2, 0) is 0 Å². The van der Waals surface area contributed by atoms with E-state index in [9.17, 15) is 0 Å². The van der Waals surface area contributed by atoms with E-state index in [-0.39, 0.29) is 0 Å². The van der Waals surface area contributed by atoms with Crippen molar-refractivity contribution in [1.82, 2.24) is 4.90 Å². The standard InChI is InChI=1S/C11H24BrN/c1-5-11(6-2)13(10(3)4)9-7-8-12/h10-11H,5-9H2,1-4H3. The lowest BCUT2D eigenvalue weighted by Crippen LogP contribution is -2.40. The SMILES string of the molecule is CCC(CC)N(CCCBr)C(C)C. The van der Waals surface area contributed by atoms with Gasteiger partial charge < -0.3 is 0 Å². The lowest BCUT2D eigenvalue weighted by molar-refractivity contribution is 0.145. The van der Waals surface area contributed by atoms with Gasteiger partial charge in [-0.15, -0.1) is 0 Å². The van der Waals surface area contributed by atoms with E-state index in [1.807, 2.05) is 0 Å². The molecule has 0 fully saturated rings. The van der Waals surface area contributed by atoms with Crippen LogP contribution in [0.3, 0.4) is 0 Å². The fourth-order valence-corrected chi connectivity index (χ4v) is 2.11. The van der Waals surface area contributed by atoms with Crippen molar-refractivity contribution in [3.05, 3.63) is 0 Å². The molecule has 0 saturated heterocycles. The van der Waals surface area contributed by atoms with Crippen molar-refractivity contribution in [3.8, 4) is 0 Å². The molecule has 0 N–H and O–H groups in total. The van der Waals surface area contributed by atoms with Crippen molar-refractivity contribution in [2.75, 3.05) is 11.9 Å².